The Bertz CT molecular complexity index is 433. The minimum absolute atomic E-state index is 0. The van der Waals surface area contributed by atoms with Gasteiger partial charge in [0.15, 0.2) is 5.96 Å². The Kier molecular flexibility index (Phi) is 11.9. The second kappa shape index (κ2) is 11.8. The number of nitrogens with one attached hydrogen (secondary N) is 1. The van der Waals surface area contributed by atoms with Gasteiger partial charge in [-0.3, -0.25) is 9.89 Å². The van der Waals surface area contributed by atoms with Gasteiger partial charge in [-0.1, -0.05) is 6.92 Å². The Labute approximate surface area is 177 Å². The highest BCUT2D eigenvalue weighted by Gasteiger charge is 2.33. The van der Waals surface area contributed by atoms with Gasteiger partial charge in [-0.05, 0) is 45.9 Å². The summed E-state index contributed by atoms with van der Waals surface area (Å²) in [5.74, 6) is 1.13. The molecule has 0 aromatic rings. The van der Waals surface area contributed by atoms with Crippen molar-refractivity contribution in [2.45, 2.75) is 45.0 Å². The maximum atomic E-state index is 12.6. The molecule has 1 saturated heterocycles. The topological polar surface area (TPSA) is 30.9 Å². The molecule has 9 heteroatoms. The maximum absolute atomic E-state index is 12.6. The summed E-state index contributed by atoms with van der Waals surface area (Å²) >= 11 is 1.78. The first-order valence-corrected chi connectivity index (χ1v) is 10.2. The number of nitrogens with zero attached hydrogens (tertiary/aromatic N) is 3. The molecule has 1 aliphatic heterocycles. The summed E-state index contributed by atoms with van der Waals surface area (Å²) in [5.41, 5.74) is 0. The monoisotopic (exact) mass is 510 g/mol. The number of rotatable bonds is 8. The van der Waals surface area contributed by atoms with Crippen molar-refractivity contribution in [2.24, 2.45) is 10.9 Å². The molecular formula is C17H34F3IN4S. The standard InChI is InChI=1S/C17H33F3N4S.HI/c1-6-21-15(22-12-16(3,4)25-5)24-9-8-14(11-24)10-23(7-2)13-17(18,19)20;/h14H,6-13H2,1-5H3,(H,21,22);1H. The molecule has 0 bridgehead atoms. The highest BCUT2D eigenvalue weighted by Crippen LogP contribution is 2.23. The van der Waals surface area contributed by atoms with E-state index in [2.05, 4.69) is 30.3 Å². The van der Waals surface area contributed by atoms with Crippen LogP contribution in [0.5, 0.6) is 0 Å². The fraction of sp³-hybridized carbons (Fsp3) is 0.941. The summed E-state index contributed by atoms with van der Waals surface area (Å²) in [4.78, 5) is 8.43. The molecule has 1 aliphatic rings. The molecule has 1 heterocycles. The molecule has 156 valence electrons. The lowest BCUT2D eigenvalue weighted by atomic mass is 10.1. The quantitative estimate of drug-likeness (QED) is 0.305. The molecule has 0 radical (unpaired) electrons. The highest BCUT2D eigenvalue weighted by atomic mass is 127. The average Bonchev–Trinajstić information content (AvgIpc) is 2.97. The van der Waals surface area contributed by atoms with Crippen molar-refractivity contribution in [3.8, 4) is 0 Å². The van der Waals surface area contributed by atoms with E-state index < -0.39 is 12.7 Å². The summed E-state index contributed by atoms with van der Waals surface area (Å²) < 4.78 is 38.0. The number of guanidine groups is 1. The number of alkyl halides is 3. The largest absolute Gasteiger partial charge is 0.401 e. The number of halogens is 4. The van der Waals surface area contributed by atoms with Crippen molar-refractivity contribution >= 4 is 41.7 Å². The van der Waals surface area contributed by atoms with Crippen LogP contribution in [0.15, 0.2) is 4.99 Å². The molecule has 26 heavy (non-hydrogen) atoms. The van der Waals surface area contributed by atoms with Crippen LogP contribution < -0.4 is 5.32 Å². The Morgan fingerprint density at radius 1 is 1.31 bits per heavy atom. The number of hydrogen-bond donors (Lipinski definition) is 1. The Morgan fingerprint density at radius 2 is 1.96 bits per heavy atom. The lowest BCUT2D eigenvalue weighted by molar-refractivity contribution is -0.146. The van der Waals surface area contributed by atoms with Gasteiger partial charge in [0.05, 0.1) is 13.1 Å². The van der Waals surface area contributed by atoms with Gasteiger partial charge in [-0.15, -0.1) is 24.0 Å². The second-order valence-corrected chi connectivity index (χ2v) is 8.69. The number of aliphatic imine (C=N–C) groups is 1. The molecule has 0 amide bonds. The molecule has 1 unspecified atom stereocenters. The van der Waals surface area contributed by atoms with Crippen LogP contribution in [-0.2, 0) is 0 Å². The van der Waals surface area contributed by atoms with E-state index >= 15 is 0 Å². The van der Waals surface area contributed by atoms with Crippen LogP contribution >= 0.6 is 35.7 Å². The van der Waals surface area contributed by atoms with Crippen molar-refractivity contribution < 1.29 is 13.2 Å². The predicted molar refractivity (Wildman–Crippen MR) is 117 cm³/mol. The zero-order chi connectivity index (χ0) is 19.1. The van der Waals surface area contributed by atoms with Crippen LogP contribution in [0.3, 0.4) is 0 Å². The summed E-state index contributed by atoms with van der Waals surface area (Å²) in [6.45, 7) is 11.3. The zero-order valence-corrected chi connectivity index (χ0v) is 19.7. The lowest BCUT2D eigenvalue weighted by Crippen LogP contribution is -2.42. The first kappa shape index (κ1) is 26.1. The molecule has 0 aromatic heterocycles. The van der Waals surface area contributed by atoms with E-state index in [4.69, 9.17) is 4.99 Å². The minimum Gasteiger partial charge on any atom is -0.357 e. The normalized spacial score (nSPS) is 19.0. The van der Waals surface area contributed by atoms with Crippen LogP contribution in [0.4, 0.5) is 13.2 Å². The van der Waals surface area contributed by atoms with Crippen molar-refractivity contribution in [3.05, 3.63) is 0 Å². The fourth-order valence-corrected chi connectivity index (χ4v) is 3.05. The Hall–Kier alpha value is 0.1000. The number of hydrogen-bond acceptors (Lipinski definition) is 3. The molecule has 0 spiro atoms. The molecule has 1 fully saturated rings. The van der Waals surface area contributed by atoms with Crippen molar-refractivity contribution in [3.63, 3.8) is 0 Å². The van der Waals surface area contributed by atoms with Gasteiger partial charge in [-0.2, -0.15) is 24.9 Å². The van der Waals surface area contributed by atoms with Gasteiger partial charge >= 0.3 is 6.18 Å². The molecule has 1 atom stereocenters. The third kappa shape index (κ3) is 9.87. The first-order chi connectivity index (χ1) is 11.6. The van der Waals surface area contributed by atoms with E-state index in [1.807, 2.05) is 6.92 Å². The van der Waals surface area contributed by atoms with Gasteiger partial charge in [0, 0.05) is 30.9 Å². The van der Waals surface area contributed by atoms with E-state index in [0.29, 0.717) is 19.6 Å². The van der Waals surface area contributed by atoms with Crippen molar-refractivity contribution in [2.75, 3.05) is 52.1 Å². The third-order valence-electron chi connectivity index (χ3n) is 4.45. The Balaban J connectivity index is 0.00000625. The molecule has 0 aromatic carbocycles. The van der Waals surface area contributed by atoms with Crippen LogP contribution in [-0.4, -0.2) is 78.8 Å². The van der Waals surface area contributed by atoms with Gasteiger partial charge in [0.2, 0.25) is 0 Å². The molecule has 1 rings (SSSR count). The van der Waals surface area contributed by atoms with E-state index in [1.165, 1.54) is 4.90 Å². The van der Waals surface area contributed by atoms with E-state index in [1.54, 1.807) is 18.7 Å². The maximum Gasteiger partial charge on any atom is 0.401 e. The number of likely N-dealkylation sites (tertiary alicyclic amines) is 1. The predicted octanol–water partition coefficient (Wildman–Crippen LogP) is 3.92. The summed E-state index contributed by atoms with van der Waals surface area (Å²) in [7, 11) is 0. The number of thioether (sulfide) groups is 1. The zero-order valence-electron chi connectivity index (χ0n) is 16.5. The van der Waals surface area contributed by atoms with Crippen molar-refractivity contribution in [1.82, 2.24) is 15.1 Å². The van der Waals surface area contributed by atoms with Crippen LogP contribution in [0, 0.1) is 5.92 Å². The average molecular weight is 510 g/mol. The highest BCUT2D eigenvalue weighted by molar-refractivity contribution is 14.0. The lowest BCUT2D eigenvalue weighted by Gasteiger charge is -2.27. The SMILES string of the molecule is CCNC(=NCC(C)(C)SC)N1CCC(CN(CC)CC(F)(F)F)C1.I. The fourth-order valence-electron chi connectivity index (χ4n) is 2.85. The summed E-state index contributed by atoms with van der Waals surface area (Å²) in [6.07, 6.45) is -1.15. The van der Waals surface area contributed by atoms with Gasteiger partial charge in [0.25, 0.3) is 0 Å². The van der Waals surface area contributed by atoms with E-state index in [9.17, 15) is 13.2 Å². The minimum atomic E-state index is -4.13. The van der Waals surface area contributed by atoms with Crippen molar-refractivity contribution in [1.29, 1.82) is 0 Å². The van der Waals surface area contributed by atoms with Gasteiger partial charge in [-0.25, -0.2) is 0 Å². The molecular weight excluding hydrogens is 476 g/mol. The van der Waals surface area contributed by atoms with Crippen LogP contribution in [0.25, 0.3) is 0 Å². The Morgan fingerprint density at radius 3 is 2.46 bits per heavy atom. The van der Waals surface area contributed by atoms with E-state index in [-0.39, 0.29) is 34.6 Å². The van der Waals surface area contributed by atoms with Gasteiger partial charge < -0.3 is 10.2 Å². The third-order valence-corrected chi connectivity index (χ3v) is 5.68. The summed E-state index contributed by atoms with van der Waals surface area (Å²) in [6, 6.07) is 0. The first-order valence-electron chi connectivity index (χ1n) is 8.97. The van der Waals surface area contributed by atoms with E-state index in [0.717, 1.165) is 32.0 Å². The van der Waals surface area contributed by atoms with Crippen LogP contribution in [0.2, 0.25) is 0 Å². The molecule has 0 saturated carbocycles. The molecule has 4 nitrogen and oxygen atoms in total. The smallest absolute Gasteiger partial charge is 0.357 e. The van der Waals surface area contributed by atoms with Crippen LogP contribution in [0.1, 0.15) is 34.1 Å². The summed E-state index contributed by atoms with van der Waals surface area (Å²) in [5, 5.41) is 3.32. The molecule has 0 aliphatic carbocycles. The molecule has 1 N–H and O–H groups in total. The second-order valence-electron chi connectivity index (χ2n) is 7.18. The van der Waals surface area contributed by atoms with Gasteiger partial charge in [0.1, 0.15) is 0 Å².